The van der Waals surface area contributed by atoms with Crippen LogP contribution in [0.4, 0.5) is 0 Å². The number of phenols is 1. The molecule has 1 aromatic carbocycles. The van der Waals surface area contributed by atoms with E-state index >= 15 is 0 Å². The predicted molar refractivity (Wildman–Crippen MR) is 70.2 cm³/mol. The first kappa shape index (κ1) is 15.4. The van der Waals surface area contributed by atoms with E-state index in [1.807, 2.05) is 0 Å². The van der Waals surface area contributed by atoms with Gasteiger partial charge in [0.2, 0.25) is 0 Å². The first-order chi connectivity index (χ1) is 8.20. The molecule has 0 aromatic heterocycles. The van der Waals surface area contributed by atoms with Crippen molar-refractivity contribution in [3.8, 4) is 5.75 Å². The number of aromatic hydroxyl groups is 1. The van der Waals surface area contributed by atoms with E-state index in [1.165, 1.54) is 12.1 Å². The first-order valence-corrected chi connectivity index (χ1v) is 7.70. The number of rotatable bonds is 4. The minimum absolute atomic E-state index is 0.0653. The van der Waals surface area contributed by atoms with Crippen molar-refractivity contribution >= 4 is 47.9 Å². The van der Waals surface area contributed by atoms with E-state index in [2.05, 4.69) is 36.6 Å². The van der Waals surface area contributed by atoms with E-state index in [0.717, 1.165) is 0 Å². The Hall–Kier alpha value is -0.640. The standard InChI is InChI=1S/C9H8Br2O6S/c10-6-3-5(4-7(11)8(6)12)9(13)17-1-2-18(14,15)16/h3-4,12H,1-2H2,(H,14,15,16). The number of hydrogen-bond donors (Lipinski definition) is 2. The number of ether oxygens (including phenoxy) is 1. The van der Waals surface area contributed by atoms with E-state index in [0.29, 0.717) is 8.95 Å². The molecule has 1 rings (SSSR count). The van der Waals surface area contributed by atoms with Gasteiger partial charge in [0.25, 0.3) is 10.1 Å². The number of halogens is 2. The first-order valence-electron chi connectivity index (χ1n) is 4.51. The maximum absolute atomic E-state index is 11.5. The van der Waals surface area contributed by atoms with Crippen molar-refractivity contribution in [2.45, 2.75) is 0 Å². The molecule has 0 spiro atoms. The molecular weight excluding hydrogens is 396 g/mol. The number of esters is 1. The molecule has 18 heavy (non-hydrogen) atoms. The molecule has 0 aliphatic heterocycles. The number of phenolic OH excluding ortho intramolecular Hbond substituents is 1. The van der Waals surface area contributed by atoms with Crippen LogP contribution in [0.2, 0.25) is 0 Å². The third-order valence-electron chi connectivity index (χ3n) is 1.83. The molecule has 2 N–H and O–H groups in total. The molecule has 0 radical (unpaired) electrons. The smallest absolute Gasteiger partial charge is 0.338 e. The van der Waals surface area contributed by atoms with E-state index in [1.54, 1.807) is 0 Å². The highest BCUT2D eigenvalue weighted by Crippen LogP contribution is 2.33. The summed E-state index contributed by atoms with van der Waals surface area (Å²) in [6, 6.07) is 2.66. The van der Waals surface area contributed by atoms with Gasteiger partial charge in [-0.05, 0) is 44.0 Å². The van der Waals surface area contributed by atoms with E-state index < -0.39 is 28.4 Å². The number of benzene rings is 1. The average molecular weight is 404 g/mol. The van der Waals surface area contributed by atoms with Crippen LogP contribution in [0.1, 0.15) is 10.4 Å². The second-order valence-electron chi connectivity index (χ2n) is 3.21. The van der Waals surface area contributed by atoms with Crippen molar-refractivity contribution in [2.24, 2.45) is 0 Å². The Labute approximate surface area is 120 Å². The molecule has 9 heteroatoms. The van der Waals surface area contributed by atoms with Gasteiger partial charge in [-0.25, -0.2) is 4.79 Å². The van der Waals surface area contributed by atoms with Gasteiger partial charge >= 0.3 is 5.97 Å². The van der Waals surface area contributed by atoms with Gasteiger partial charge in [-0.15, -0.1) is 0 Å². The lowest BCUT2D eigenvalue weighted by Crippen LogP contribution is -2.14. The lowest BCUT2D eigenvalue weighted by molar-refractivity contribution is 0.0528. The third kappa shape index (κ3) is 4.56. The van der Waals surface area contributed by atoms with Crippen LogP contribution in [-0.4, -0.2) is 36.4 Å². The van der Waals surface area contributed by atoms with Crippen molar-refractivity contribution in [2.75, 3.05) is 12.4 Å². The summed E-state index contributed by atoms with van der Waals surface area (Å²) in [7, 11) is -4.16. The second kappa shape index (κ2) is 6.00. The van der Waals surface area contributed by atoms with Crippen molar-refractivity contribution < 1.29 is 27.6 Å². The Morgan fingerprint density at radius 3 is 2.22 bits per heavy atom. The molecule has 6 nitrogen and oxygen atoms in total. The van der Waals surface area contributed by atoms with Crippen LogP contribution in [0.3, 0.4) is 0 Å². The number of carbonyl (C=O) groups excluding carboxylic acids is 1. The van der Waals surface area contributed by atoms with Crippen LogP contribution >= 0.6 is 31.9 Å². The van der Waals surface area contributed by atoms with Crippen molar-refractivity contribution in [1.29, 1.82) is 0 Å². The highest BCUT2D eigenvalue weighted by molar-refractivity contribution is 9.11. The Kier molecular flexibility index (Phi) is 5.14. The molecule has 0 atom stereocenters. The lowest BCUT2D eigenvalue weighted by Gasteiger charge is -2.06. The topological polar surface area (TPSA) is 101 Å². The largest absolute Gasteiger partial charge is 0.506 e. The zero-order valence-corrected chi connectivity index (χ0v) is 12.7. The van der Waals surface area contributed by atoms with Crippen molar-refractivity contribution in [3.05, 3.63) is 26.6 Å². The third-order valence-corrected chi connectivity index (χ3v) is 3.72. The van der Waals surface area contributed by atoms with Crippen LogP contribution in [0.15, 0.2) is 21.1 Å². The summed E-state index contributed by atoms with van der Waals surface area (Å²) in [5, 5.41) is 9.44. The lowest BCUT2D eigenvalue weighted by atomic mass is 10.2. The van der Waals surface area contributed by atoms with Crippen molar-refractivity contribution in [3.63, 3.8) is 0 Å². The maximum atomic E-state index is 11.5. The van der Waals surface area contributed by atoms with Gasteiger partial charge in [-0.3, -0.25) is 4.55 Å². The molecule has 0 saturated heterocycles. The fraction of sp³-hybridized carbons (Fsp3) is 0.222. The molecule has 0 fully saturated rings. The van der Waals surface area contributed by atoms with E-state index in [9.17, 15) is 18.3 Å². The van der Waals surface area contributed by atoms with Crippen LogP contribution in [-0.2, 0) is 14.9 Å². The van der Waals surface area contributed by atoms with Crippen LogP contribution in [0.25, 0.3) is 0 Å². The van der Waals surface area contributed by atoms with E-state index in [4.69, 9.17) is 4.55 Å². The minimum Gasteiger partial charge on any atom is -0.506 e. The Morgan fingerprint density at radius 1 is 1.28 bits per heavy atom. The Bertz CT molecular complexity index is 545. The zero-order valence-electron chi connectivity index (χ0n) is 8.76. The molecule has 0 amide bonds. The number of carbonyl (C=O) groups is 1. The van der Waals surface area contributed by atoms with Gasteiger partial charge in [-0.2, -0.15) is 8.42 Å². The van der Waals surface area contributed by atoms with Gasteiger partial charge in [0, 0.05) is 0 Å². The Balaban J connectivity index is 2.74. The maximum Gasteiger partial charge on any atom is 0.338 e. The summed E-state index contributed by atoms with van der Waals surface area (Å²) in [4.78, 5) is 11.5. The summed E-state index contributed by atoms with van der Waals surface area (Å²) >= 11 is 6.08. The molecule has 0 saturated carbocycles. The summed E-state index contributed by atoms with van der Waals surface area (Å²) < 4.78 is 34.5. The van der Waals surface area contributed by atoms with Gasteiger partial charge in [0.05, 0.1) is 14.5 Å². The molecular formula is C9H8Br2O6S. The van der Waals surface area contributed by atoms with Gasteiger partial charge < -0.3 is 9.84 Å². The quantitative estimate of drug-likeness (QED) is 0.588. The molecule has 0 bridgehead atoms. The SMILES string of the molecule is O=C(OCCS(=O)(=O)O)c1cc(Br)c(O)c(Br)c1. The normalized spacial score (nSPS) is 11.3. The second-order valence-corrected chi connectivity index (χ2v) is 6.49. The van der Waals surface area contributed by atoms with Gasteiger partial charge in [-0.1, -0.05) is 0 Å². The molecule has 0 unspecified atom stereocenters. The van der Waals surface area contributed by atoms with Crippen LogP contribution in [0.5, 0.6) is 5.75 Å². The average Bonchev–Trinajstić information content (AvgIpc) is 2.23. The van der Waals surface area contributed by atoms with E-state index in [-0.39, 0.29) is 11.3 Å². The van der Waals surface area contributed by atoms with Crippen LogP contribution in [0, 0.1) is 0 Å². The summed E-state index contributed by atoms with van der Waals surface area (Å²) in [5.41, 5.74) is 0.127. The van der Waals surface area contributed by atoms with Crippen LogP contribution < -0.4 is 0 Å². The summed E-state index contributed by atoms with van der Waals surface area (Å²) in [5.74, 6) is -1.50. The summed E-state index contributed by atoms with van der Waals surface area (Å²) in [6.45, 7) is -0.451. The predicted octanol–water partition coefficient (Wildman–Crippen LogP) is 1.96. The molecule has 0 aliphatic carbocycles. The minimum atomic E-state index is -4.16. The Morgan fingerprint density at radius 2 is 1.78 bits per heavy atom. The highest BCUT2D eigenvalue weighted by Gasteiger charge is 2.14. The highest BCUT2D eigenvalue weighted by atomic mass is 79.9. The van der Waals surface area contributed by atoms with Crippen molar-refractivity contribution in [1.82, 2.24) is 0 Å². The molecule has 0 aliphatic rings. The number of hydrogen-bond acceptors (Lipinski definition) is 5. The fourth-order valence-electron chi connectivity index (χ4n) is 1.01. The molecule has 1 aromatic rings. The summed E-state index contributed by atoms with van der Waals surface area (Å²) in [6.07, 6.45) is 0. The molecule has 100 valence electrons. The zero-order chi connectivity index (χ0) is 13.9. The van der Waals surface area contributed by atoms with Gasteiger partial charge in [0.15, 0.2) is 0 Å². The molecule has 0 heterocycles. The fourth-order valence-corrected chi connectivity index (χ4v) is 2.49. The van der Waals surface area contributed by atoms with Gasteiger partial charge in [0.1, 0.15) is 18.1 Å². The monoisotopic (exact) mass is 402 g/mol.